The Morgan fingerprint density at radius 2 is 2.14 bits per heavy atom. The van der Waals surface area contributed by atoms with Gasteiger partial charge in [0.25, 0.3) is 0 Å². The number of fused-ring (bicyclic) bond motifs is 1. The van der Waals surface area contributed by atoms with Crippen LogP contribution < -0.4 is 14.8 Å². The molecule has 110 valence electrons. The summed E-state index contributed by atoms with van der Waals surface area (Å²) in [4.78, 5) is 0. The highest BCUT2D eigenvalue weighted by Crippen LogP contribution is 2.35. The number of benzene rings is 2. The van der Waals surface area contributed by atoms with Gasteiger partial charge in [-0.2, -0.15) is 0 Å². The largest absolute Gasteiger partial charge is 0.496 e. The van der Waals surface area contributed by atoms with E-state index in [9.17, 15) is 0 Å². The van der Waals surface area contributed by atoms with E-state index in [2.05, 4.69) is 24.4 Å². The van der Waals surface area contributed by atoms with Gasteiger partial charge < -0.3 is 14.8 Å². The topological polar surface area (TPSA) is 30.5 Å². The highest BCUT2D eigenvalue weighted by molar-refractivity contribution is 6.33. The van der Waals surface area contributed by atoms with Crippen LogP contribution in [0.15, 0.2) is 36.4 Å². The van der Waals surface area contributed by atoms with Gasteiger partial charge in [-0.3, -0.25) is 0 Å². The van der Waals surface area contributed by atoms with Gasteiger partial charge in [-0.15, -0.1) is 0 Å². The summed E-state index contributed by atoms with van der Waals surface area (Å²) in [5.74, 6) is 1.84. The summed E-state index contributed by atoms with van der Waals surface area (Å²) in [7, 11) is 1.69. The minimum absolute atomic E-state index is 0.233. The summed E-state index contributed by atoms with van der Waals surface area (Å²) in [5.41, 5.74) is 3.18. The number of halogens is 1. The first kappa shape index (κ1) is 14.1. The molecule has 4 heteroatoms. The third-order valence-electron chi connectivity index (χ3n) is 3.64. The molecule has 0 saturated heterocycles. The van der Waals surface area contributed by atoms with Crippen molar-refractivity contribution >= 4 is 17.3 Å². The van der Waals surface area contributed by atoms with Gasteiger partial charge in [0, 0.05) is 24.1 Å². The van der Waals surface area contributed by atoms with Crippen molar-refractivity contribution in [2.75, 3.05) is 12.4 Å². The Kier molecular flexibility index (Phi) is 3.93. The zero-order valence-electron chi connectivity index (χ0n) is 12.2. The molecular weight excluding hydrogens is 286 g/mol. The first-order valence-electron chi connectivity index (χ1n) is 7.02. The van der Waals surface area contributed by atoms with Crippen LogP contribution in [0.25, 0.3) is 0 Å². The van der Waals surface area contributed by atoms with Gasteiger partial charge in [0.05, 0.1) is 17.8 Å². The number of anilines is 1. The third kappa shape index (κ3) is 2.93. The second-order valence-corrected chi connectivity index (χ2v) is 5.64. The first-order valence-corrected chi connectivity index (χ1v) is 7.40. The van der Waals surface area contributed by atoms with Crippen molar-refractivity contribution in [3.05, 3.63) is 52.5 Å². The molecule has 0 spiro atoms. The first-order chi connectivity index (χ1) is 10.2. The van der Waals surface area contributed by atoms with Crippen molar-refractivity contribution in [2.24, 2.45) is 0 Å². The maximum atomic E-state index is 6.16. The van der Waals surface area contributed by atoms with Gasteiger partial charge in [0.1, 0.15) is 17.6 Å². The Morgan fingerprint density at radius 1 is 1.33 bits per heavy atom. The predicted octanol–water partition coefficient (Wildman–Crippen LogP) is 4.28. The van der Waals surface area contributed by atoms with Crippen molar-refractivity contribution in [1.29, 1.82) is 0 Å². The second kappa shape index (κ2) is 5.86. The molecule has 1 aliphatic heterocycles. The molecule has 0 amide bonds. The van der Waals surface area contributed by atoms with E-state index in [0.717, 1.165) is 29.2 Å². The zero-order valence-corrected chi connectivity index (χ0v) is 12.9. The normalized spacial score (nSPS) is 16.2. The van der Waals surface area contributed by atoms with E-state index in [1.807, 2.05) is 24.3 Å². The quantitative estimate of drug-likeness (QED) is 0.914. The average Bonchev–Trinajstić information content (AvgIpc) is 2.84. The Labute approximate surface area is 129 Å². The fraction of sp³-hybridized carbons (Fsp3) is 0.294. The van der Waals surface area contributed by atoms with Gasteiger partial charge in [-0.25, -0.2) is 0 Å². The van der Waals surface area contributed by atoms with Crippen molar-refractivity contribution in [2.45, 2.75) is 26.0 Å². The zero-order chi connectivity index (χ0) is 14.8. The van der Waals surface area contributed by atoms with E-state index in [-0.39, 0.29) is 6.10 Å². The maximum absolute atomic E-state index is 6.16. The summed E-state index contributed by atoms with van der Waals surface area (Å²) in [6, 6.07) is 11.8. The minimum atomic E-state index is 0.233. The molecule has 0 bridgehead atoms. The van der Waals surface area contributed by atoms with Gasteiger partial charge in [0.2, 0.25) is 0 Å². The van der Waals surface area contributed by atoms with Crippen LogP contribution in [0.3, 0.4) is 0 Å². The van der Waals surface area contributed by atoms with E-state index in [1.165, 1.54) is 5.56 Å². The Hall–Kier alpha value is -1.87. The average molecular weight is 304 g/mol. The number of hydrogen-bond acceptors (Lipinski definition) is 3. The van der Waals surface area contributed by atoms with Crippen LogP contribution in [-0.2, 0) is 13.0 Å². The van der Waals surface area contributed by atoms with Crippen LogP contribution >= 0.6 is 11.6 Å². The standard InChI is InChI=1S/C17H18ClNO2/c1-11-7-12-8-16(20-2)13(9-17(12)21-11)10-19-15-6-4-3-5-14(15)18/h3-6,8-9,11,19H,7,10H2,1-2H3. The van der Waals surface area contributed by atoms with E-state index < -0.39 is 0 Å². The van der Waals surface area contributed by atoms with Crippen LogP contribution in [0, 0.1) is 0 Å². The summed E-state index contributed by atoms with van der Waals surface area (Å²) >= 11 is 6.16. The van der Waals surface area contributed by atoms with Crippen LogP contribution in [0.1, 0.15) is 18.1 Å². The number of methoxy groups -OCH3 is 1. The highest BCUT2D eigenvalue weighted by atomic mass is 35.5. The smallest absolute Gasteiger partial charge is 0.124 e. The van der Waals surface area contributed by atoms with Crippen molar-refractivity contribution in [3.8, 4) is 11.5 Å². The fourth-order valence-corrected chi connectivity index (χ4v) is 2.81. The van der Waals surface area contributed by atoms with Crippen LogP contribution in [0.4, 0.5) is 5.69 Å². The van der Waals surface area contributed by atoms with E-state index in [1.54, 1.807) is 7.11 Å². The molecule has 0 aromatic heterocycles. The summed E-state index contributed by atoms with van der Waals surface area (Å²) in [6.07, 6.45) is 1.17. The molecule has 1 atom stereocenters. The SMILES string of the molecule is COc1cc2c(cc1CNc1ccccc1Cl)OC(C)C2. The molecule has 21 heavy (non-hydrogen) atoms. The fourth-order valence-electron chi connectivity index (χ4n) is 2.60. The summed E-state index contributed by atoms with van der Waals surface area (Å²) < 4.78 is 11.3. The molecule has 3 rings (SSSR count). The van der Waals surface area contributed by atoms with Gasteiger partial charge in [0.15, 0.2) is 0 Å². The van der Waals surface area contributed by atoms with Gasteiger partial charge in [-0.05, 0) is 31.2 Å². The second-order valence-electron chi connectivity index (χ2n) is 5.24. The third-order valence-corrected chi connectivity index (χ3v) is 3.97. The van der Waals surface area contributed by atoms with Crippen molar-refractivity contribution < 1.29 is 9.47 Å². The lowest BCUT2D eigenvalue weighted by molar-refractivity contribution is 0.254. The summed E-state index contributed by atoms with van der Waals surface area (Å²) in [6.45, 7) is 2.71. The lowest BCUT2D eigenvalue weighted by Gasteiger charge is -2.13. The molecule has 0 fully saturated rings. The predicted molar refractivity (Wildman–Crippen MR) is 85.6 cm³/mol. The van der Waals surface area contributed by atoms with Crippen LogP contribution in [0.5, 0.6) is 11.5 Å². The highest BCUT2D eigenvalue weighted by Gasteiger charge is 2.21. The molecule has 2 aromatic rings. The Bertz CT molecular complexity index is 657. The molecular formula is C17H18ClNO2. The van der Waals surface area contributed by atoms with E-state index >= 15 is 0 Å². The van der Waals surface area contributed by atoms with Crippen LogP contribution in [-0.4, -0.2) is 13.2 Å². The number of hydrogen-bond donors (Lipinski definition) is 1. The molecule has 0 aliphatic carbocycles. The Morgan fingerprint density at radius 3 is 2.90 bits per heavy atom. The maximum Gasteiger partial charge on any atom is 0.124 e. The van der Waals surface area contributed by atoms with E-state index in [4.69, 9.17) is 21.1 Å². The lowest BCUT2D eigenvalue weighted by atomic mass is 10.1. The number of para-hydroxylation sites is 1. The molecule has 1 aliphatic rings. The lowest BCUT2D eigenvalue weighted by Crippen LogP contribution is -2.05. The van der Waals surface area contributed by atoms with Gasteiger partial charge in [-0.1, -0.05) is 23.7 Å². The van der Waals surface area contributed by atoms with Crippen molar-refractivity contribution in [3.63, 3.8) is 0 Å². The molecule has 0 radical (unpaired) electrons. The molecule has 0 saturated carbocycles. The Balaban J connectivity index is 1.82. The summed E-state index contributed by atoms with van der Waals surface area (Å²) in [5, 5.41) is 4.05. The molecule has 1 N–H and O–H groups in total. The number of nitrogens with one attached hydrogen (secondary N) is 1. The van der Waals surface area contributed by atoms with Gasteiger partial charge >= 0.3 is 0 Å². The molecule has 3 nitrogen and oxygen atoms in total. The molecule has 1 unspecified atom stereocenters. The molecule has 1 heterocycles. The molecule has 2 aromatic carbocycles. The minimum Gasteiger partial charge on any atom is -0.496 e. The van der Waals surface area contributed by atoms with Crippen LogP contribution in [0.2, 0.25) is 5.02 Å². The monoisotopic (exact) mass is 303 g/mol. The number of rotatable bonds is 4. The van der Waals surface area contributed by atoms with E-state index in [0.29, 0.717) is 11.6 Å². The van der Waals surface area contributed by atoms with Crippen molar-refractivity contribution in [1.82, 2.24) is 0 Å². The number of ether oxygens (including phenoxy) is 2.